The second-order valence-corrected chi connectivity index (χ2v) is 5.45. The van der Waals surface area contributed by atoms with E-state index in [1.54, 1.807) is 0 Å². The first kappa shape index (κ1) is 12.4. The Kier molecular flexibility index (Phi) is 4.99. The van der Waals surface area contributed by atoms with E-state index in [0.717, 1.165) is 11.4 Å². The standard InChI is InChI=1S/C12H19NOS/c1-10(2)11-4-6-12(7-5-11)15(14)9-8-13-3/h4-7,10,13H,8-9H2,1-3H3. The van der Waals surface area contributed by atoms with Crippen LogP contribution in [0.4, 0.5) is 0 Å². The Bertz CT molecular complexity index is 319. The van der Waals surface area contributed by atoms with Gasteiger partial charge in [0.15, 0.2) is 0 Å². The Labute approximate surface area is 94.5 Å². The Hall–Kier alpha value is -0.670. The van der Waals surface area contributed by atoms with Gasteiger partial charge in [-0.3, -0.25) is 4.21 Å². The second kappa shape index (κ2) is 6.03. The average Bonchev–Trinajstić information content (AvgIpc) is 2.26. The molecule has 15 heavy (non-hydrogen) atoms. The van der Waals surface area contributed by atoms with Crippen molar-refractivity contribution in [2.75, 3.05) is 19.3 Å². The van der Waals surface area contributed by atoms with Gasteiger partial charge in [0, 0.05) is 17.2 Å². The van der Waals surface area contributed by atoms with Gasteiger partial charge < -0.3 is 5.32 Å². The summed E-state index contributed by atoms with van der Waals surface area (Å²) in [6.45, 7) is 5.11. The van der Waals surface area contributed by atoms with Crippen LogP contribution in [0.5, 0.6) is 0 Å². The van der Waals surface area contributed by atoms with Crippen molar-refractivity contribution in [2.45, 2.75) is 24.7 Å². The summed E-state index contributed by atoms with van der Waals surface area (Å²) >= 11 is 0. The molecule has 0 aromatic heterocycles. The molecule has 1 rings (SSSR count). The number of hydrogen-bond donors (Lipinski definition) is 1. The normalized spacial score (nSPS) is 13.1. The summed E-state index contributed by atoms with van der Waals surface area (Å²) in [5, 5.41) is 3.00. The summed E-state index contributed by atoms with van der Waals surface area (Å²) in [6, 6.07) is 8.08. The van der Waals surface area contributed by atoms with E-state index in [4.69, 9.17) is 0 Å². The van der Waals surface area contributed by atoms with Crippen molar-refractivity contribution in [3.05, 3.63) is 29.8 Å². The predicted octanol–water partition coefficient (Wildman–Crippen LogP) is 2.14. The molecule has 0 fully saturated rings. The van der Waals surface area contributed by atoms with Crippen LogP contribution in [0.2, 0.25) is 0 Å². The van der Waals surface area contributed by atoms with Crippen LogP contribution >= 0.6 is 0 Å². The Morgan fingerprint density at radius 3 is 2.33 bits per heavy atom. The zero-order valence-corrected chi connectivity index (χ0v) is 10.4. The van der Waals surface area contributed by atoms with Crippen LogP contribution in [0.1, 0.15) is 25.3 Å². The topological polar surface area (TPSA) is 29.1 Å². The fourth-order valence-corrected chi connectivity index (χ4v) is 2.38. The van der Waals surface area contributed by atoms with Gasteiger partial charge in [-0.25, -0.2) is 0 Å². The van der Waals surface area contributed by atoms with Crippen molar-refractivity contribution >= 4 is 10.8 Å². The van der Waals surface area contributed by atoms with E-state index in [-0.39, 0.29) is 0 Å². The van der Waals surface area contributed by atoms with Gasteiger partial charge in [-0.15, -0.1) is 0 Å². The number of nitrogens with one attached hydrogen (secondary N) is 1. The minimum Gasteiger partial charge on any atom is -0.319 e. The van der Waals surface area contributed by atoms with Crippen LogP contribution in [0.3, 0.4) is 0 Å². The summed E-state index contributed by atoms with van der Waals surface area (Å²) < 4.78 is 11.8. The molecule has 0 radical (unpaired) electrons. The van der Waals surface area contributed by atoms with E-state index in [1.165, 1.54) is 5.56 Å². The van der Waals surface area contributed by atoms with E-state index in [9.17, 15) is 4.21 Å². The Morgan fingerprint density at radius 1 is 1.27 bits per heavy atom. The first-order valence-electron chi connectivity index (χ1n) is 5.28. The van der Waals surface area contributed by atoms with Crippen LogP contribution in [0.25, 0.3) is 0 Å². The molecule has 2 nitrogen and oxygen atoms in total. The van der Waals surface area contributed by atoms with Gasteiger partial charge in [-0.2, -0.15) is 0 Å². The smallest absolute Gasteiger partial charge is 0.0542 e. The highest BCUT2D eigenvalue weighted by Gasteiger charge is 2.04. The zero-order chi connectivity index (χ0) is 11.3. The van der Waals surface area contributed by atoms with Gasteiger partial charge in [-0.05, 0) is 30.7 Å². The lowest BCUT2D eigenvalue weighted by molar-refractivity contribution is 0.680. The molecule has 1 atom stereocenters. The molecule has 1 aromatic rings. The van der Waals surface area contributed by atoms with Crippen molar-refractivity contribution in [3.8, 4) is 0 Å². The second-order valence-electron chi connectivity index (χ2n) is 3.88. The lowest BCUT2D eigenvalue weighted by atomic mass is 10.0. The highest BCUT2D eigenvalue weighted by molar-refractivity contribution is 7.85. The summed E-state index contributed by atoms with van der Waals surface area (Å²) in [4.78, 5) is 0.926. The molecule has 0 aliphatic heterocycles. The van der Waals surface area contributed by atoms with Crippen molar-refractivity contribution in [1.82, 2.24) is 5.32 Å². The van der Waals surface area contributed by atoms with Crippen LogP contribution in [-0.4, -0.2) is 23.6 Å². The highest BCUT2D eigenvalue weighted by Crippen LogP contribution is 2.16. The lowest BCUT2D eigenvalue weighted by Gasteiger charge is -2.06. The Morgan fingerprint density at radius 2 is 1.87 bits per heavy atom. The molecule has 0 bridgehead atoms. The van der Waals surface area contributed by atoms with Crippen LogP contribution in [-0.2, 0) is 10.8 Å². The van der Waals surface area contributed by atoms with E-state index < -0.39 is 10.8 Å². The molecule has 0 aliphatic carbocycles. The van der Waals surface area contributed by atoms with Gasteiger partial charge >= 0.3 is 0 Å². The maximum Gasteiger partial charge on any atom is 0.0542 e. The maximum absolute atomic E-state index is 11.8. The zero-order valence-electron chi connectivity index (χ0n) is 9.62. The molecule has 1 N–H and O–H groups in total. The molecule has 0 spiro atoms. The quantitative estimate of drug-likeness (QED) is 0.832. The number of hydrogen-bond acceptors (Lipinski definition) is 2. The van der Waals surface area contributed by atoms with Crippen molar-refractivity contribution < 1.29 is 4.21 Å². The molecular formula is C12H19NOS. The largest absolute Gasteiger partial charge is 0.319 e. The van der Waals surface area contributed by atoms with Crippen LogP contribution in [0.15, 0.2) is 29.2 Å². The molecule has 0 saturated heterocycles. The van der Waals surface area contributed by atoms with E-state index in [0.29, 0.717) is 11.7 Å². The highest BCUT2D eigenvalue weighted by atomic mass is 32.2. The van der Waals surface area contributed by atoms with Gasteiger partial charge in [-0.1, -0.05) is 26.0 Å². The van der Waals surface area contributed by atoms with Gasteiger partial charge in [0.2, 0.25) is 0 Å². The molecule has 3 heteroatoms. The minimum atomic E-state index is -0.867. The molecule has 0 heterocycles. The first-order valence-corrected chi connectivity index (χ1v) is 6.60. The van der Waals surface area contributed by atoms with E-state index in [2.05, 4.69) is 31.3 Å². The third kappa shape index (κ3) is 3.76. The summed E-state index contributed by atoms with van der Waals surface area (Å²) in [6.07, 6.45) is 0. The van der Waals surface area contributed by atoms with E-state index in [1.807, 2.05) is 19.2 Å². The molecule has 1 aromatic carbocycles. The SMILES string of the molecule is CNCCS(=O)c1ccc(C(C)C)cc1. The maximum atomic E-state index is 11.8. The molecule has 0 amide bonds. The monoisotopic (exact) mass is 225 g/mol. The fourth-order valence-electron chi connectivity index (χ4n) is 1.32. The number of rotatable bonds is 5. The van der Waals surface area contributed by atoms with Crippen molar-refractivity contribution in [2.24, 2.45) is 0 Å². The van der Waals surface area contributed by atoms with Crippen molar-refractivity contribution in [1.29, 1.82) is 0 Å². The van der Waals surface area contributed by atoms with E-state index >= 15 is 0 Å². The molecular weight excluding hydrogens is 206 g/mol. The summed E-state index contributed by atoms with van der Waals surface area (Å²) in [5.74, 6) is 1.21. The van der Waals surface area contributed by atoms with Crippen LogP contribution in [0, 0.1) is 0 Å². The fraction of sp³-hybridized carbons (Fsp3) is 0.500. The Balaban J connectivity index is 2.67. The lowest BCUT2D eigenvalue weighted by Crippen LogP contribution is -2.15. The number of benzene rings is 1. The van der Waals surface area contributed by atoms with Gasteiger partial charge in [0.05, 0.1) is 10.8 Å². The first-order chi connectivity index (χ1) is 7.15. The molecule has 84 valence electrons. The summed E-state index contributed by atoms with van der Waals surface area (Å²) in [7, 11) is 1.01. The van der Waals surface area contributed by atoms with Gasteiger partial charge in [0.25, 0.3) is 0 Å². The van der Waals surface area contributed by atoms with Crippen LogP contribution < -0.4 is 5.32 Å². The molecule has 1 unspecified atom stereocenters. The predicted molar refractivity (Wildman–Crippen MR) is 65.7 cm³/mol. The minimum absolute atomic E-state index is 0.532. The van der Waals surface area contributed by atoms with Gasteiger partial charge in [0.1, 0.15) is 0 Å². The third-order valence-corrected chi connectivity index (χ3v) is 3.72. The van der Waals surface area contributed by atoms with Crippen molar-refractivity contribution in [3.63, 3.8) is 0 Å². The third-order valence-electron chi connectivity index (χ3n) is 2.35. The summed E-state index contributed by atoms with van der Waals surface area (Å²) in [5.41, 5.74) is 1.30. The average molecular weight is 225 g/mol. The molecule has 0 aliphatic rings. The molecule has 0 saturated carbocycles.